The molecule has 0 radical (unpaired) electrons. The van der Waals surface area contributed by atoms with Crippen molar-refractivity contribution >= 4 is 22.6 Å². The molecule has 8 nitrogen and oxygen atoms in total. The third-order valence-corrected chi connectivity index (χ3v) is 7.18. The summed E-state index contributed by atoms with van der Waals surface area (Å²) in [5, 5.41) is 0. The molecule has 0 aromatic heterocycles. The van der Waals surface area contributed by atoms with Crippen LogP contribution in [-0.4, -0.2) is 110 Å². The lowest BCUT2D eigenvalue weighted by atomic mass is 10.1. The molecule has 0 aromatic carbocycles. The van der Waals surface area contributed by atoms with Gasteiger partial charge in [0.25, 0.3) is 0 Å². The zero-order valence-electron chi connectivity index (χ0n) is 26.6. The summed E-state index contributed by atoms with van der Waals surface area (Å²) in [7, 11) is 0. The molecular formula is C32H65IO8. The van der Waals surface area contributed by atoms with Gasteiger partial charge in [-0.2, -0.15) is 0 Å². The average Bonchev–Trinajstić information content (AvgIpc) is 2.98. The molecule has 0 unspecified atom stereocenters. The Kier molecular flexibility index (Phi) is 40.8. The third kappa shape index (κ3) is 40.4. The maximum absolute atomic E-state index is 5.65. The quantitative estimate of drug-likeness (QED) is 0.0386. The molecule has 0 bridgehead atoms. The Balaban J connectivity index is 3.02. The van der Waals surface area contributed by atoms with Crippen molar-refractivity contribution in [1.82, 2.24) is 0 Å². The molecule has 0 spiro atoms. The van der Waals surface area contributed by atoms with E-state index < -0.39 is 0 Å². The number of hydrogen-bond acceptors (Lipinski definition) is 8. The van der Waals surface area contributed by atoms with Crippen molar-refractivity contribution in [3.05, 3.63) is 0 Å². The van der Waals surface area contributed by atoms with E-state index in [-0.39, 0.29) is 0 Å². The maximum Gasteiger partial charge on any atom is 0.0701 e. The summed E-state index contributed by atoms with van der Waals surface area (Å²) in [4.78, 5) is 0. The molecule has 0 heterocycles. The summed E-state index contributed by atoms with van der Waals surface area (Å²) in [6.07, 6.45) is 18.5. The molecule has 0 atom stereocenters. The zero-order chi connectivity index (χ0) is 29.6. The molecular weight excluding hydrogens is 639 g/mol. The molecule has 0 saturated heterocycles. The smallest absolute Gasteiger partial charge is 0.0701 e. The first-order valence-corrected chi connectivity index (χ1v) is 18.1. The molecule has 248 valence electrons. The molecule has 0 saturated carbocycles. The number of alkyl halides is 1. The summed E-state index contributed by atoms with van der Waals surface area (Å²) in [6.45, 7) is 12.2. The van der Waals surface area contributed by atoms with Gasteiger partial charge in [-0.3, -0.25) is 0 Å². The standard InChI is InChI=1S/C32H65IO8/c1-2-3-4-5-6-7-8-9-11-14-17-34-19-21-36-23-25-38-27-29-40-31-32-41-30-28-39-26-24-37-22-20-35-18-15-12-10-13-16-33/h2-32H2,1H3. The third-order valence-electron chi connectivity index (χ3n) is 6.42. The highest BCUT2D eigenvalue weighted by atomic mass is 127. The molecule has 0 aliphatic heterocycles. The number of halogens is 1. The van der Waals surface area contributed by atoms with Crippen LogP contribution in [0.4, 0.5) is 0 Å². The van der Waals surface area contributed by atoms with Gasteiger partial charge in [-0.15, -0.1) is 0 Å². The molecule has 0 aliphatic carbocycles. The lowest BCUT2D eigenvalue weighted by Crippen LogP contribution is -2.15. The van der Waals surface area contributed by atoms with E-state index in [1.165, 1.54) is 81.5 Å². The van der Waals surface area contributed by atoms with Crippen LogP contribution < -0.4 is 0 Å². The Morgan fingerprint density at radius 3 is 0.756 bits per heavy atom. The number of ether oxygens (including phenoxy) is 8. The predicted molar refractivity (Wildman–Crippen MR) is 176 cm³/mol. The van der Waals surface area contributed by atoms with Gasteiger partial charge < -0.3 is 37.9 Å². The van der Waals surface area contributed by atoms with E-state index in [0.29, 0.717) is 92.5 Å². The Morgan fingerprint density at radius 1 is 0.268 bits per heavy atom. The van der Waals surface area contributed by atoms with E-state index >= 15 is 0 Å². The number of hydrogen-bond donors (Lipinski definition) is 0. The second-order valence-corrected chi connectivity index (χ2v) is 11.3. The van der Waals surface area contributed by atoms with Crippen LogP contribution >= 0.6 is 22.6 Å². The van der Waals surface area contributed by atoms with Crippen molar-refractivity contribution in [3.8, 4) is 0 Å². The van der Waals surface area contributed by atoms with Crippen LogP contribution in [0.5, 0.6) is 0 Å². The molecule has 0 aliphatic rings. The molecule has 0 N–H and O–H groups in total. The van der Waals surface area contributed by atoms with Crippen LogP contribution in [0, 0.1) is 0 Å². The Bertz CT molecular complexity index is 410. The SMILES string of the molecule is CCCCCCCCCCCCOCCOCCOCCOCCOCCOCCOCCOCCCCCCI. The zero-order valence-corrected chi connectivity index (χ0v) is 28.7. The van der Waals surface area contributed by atoms with Gasteiger partial charge >= 0.3 is 0 Å². The highest BCUT2D eigenvalue weighted by Gasteiger charge is 1.97. The van der Waals surface area contributed by atoms with E-state index in [1.54, 1.807) is 0 Å². The van der Waals surface area contributed by atoms with E-state index in [2.05, 4.69) is 29.5 Å². The van der Waals surface area contributed by atoms with Crippen LogP contribution in [0.2, 0.25) is 0 Å². The fourth-order valence-corrected chi connectivity index (χ4v) is 4.52. The number of rotatable bonds is 38. The minimum atomic E-state index is 0.553. The second-order valence-electron chi connectivity index (χ2n) is 10.2. The van der Waals surface area contributed by atoms with Gasteiger partial charge in [0.1, 0.15) is 0 Å². The normalized spacial score (nSPS) is 11.6. The first-order valence-electron chi connectivity index (χ1n) is 16.6. The lowest BCUT2D eigenvalue weighted by Gasteiger charge is -2.09. The van der Waals surface area contributed by atoms with Gasteiger partial charge in [-0.1, -0.05) is 100 Å². The largest absolute Gasteiger partial charge is 0.379 e. The summed E-state index contributed by atoms with van der Waals surface area (Å²) >= 11 is 2.43. The maximum atomic E-state index is 5.65. The minimum absolute atomic E-state index is 0.553. The number of unbranched alkanes of at least 4 members (excludes halogenated alkanes) is 12. The molecule has 0 rings (SSSR count). The lowest BCUT2D eigenvalue weighted by molar-refractivity contribution is -0.0232. The topological polar surface area (TPSA) is 73.8 Å². The Morgan fingerprint density at radius 2 is 0.488 bits per heavy atom. The van der Waals surface area contributed by atoms with Crippen molar-refractivity contribution in [2.75, 3.05) is 110 Å². The first-order chi connectivity index (χ1) is 20.4. The molecule has 9 heteroatoms. The van der Waals surface area contributed by atoms with Crippen LogP contribution in [0.1, 0.15) is 96.8 Å². The fourth-order valence-electron chi connectivity index (χ4n) is 3.99. The van der Waals surface area contributed by atoms with Gasteiger partial charge in [-0.25, -0.2) is 0 Å². The van der Waals surface area contributed by atoms with E-state index in [0.717, 1.165) is 26.1 Å². The monoisotopic (exact) mass is 704 g/mol. The van der Waals surface area contributed by atoms with E-state index in [1.807, 2.05) is 0 Å². The molecule has 0 aromatic rings. The minimum Gasteiger partial charge on any atom is -0.379 e. The second kappa shape index (κ2) is 40.4. The van der Waals surface area contributed by atoms with Gasteiger partial charge in [0.15, 0.2) is 0 Å². The summed E-state index contributed by atoms with van der Waals surface area (Å²) in [5.41, 5.74) is 0. The molecule has 0 fully saturated rings. The van der Waals surface area contributed by atoms with Gasteiger partial charge in [-0.05, 0) is 23.7 Å². The fraction of sp³-hybridized carbons (Fsp3) is 1.00. The van der Waals surface area contributed by atoms with Crippen molar-refractivity contribution in [2.45, 2.75) is 96.8 Å². The van der Waals surface area contributed by atoms with Crippen molar-refractivity contribution in [3.63, 3.8) is 0 Å². The van der Waals surface area contributed by atoms with Crippen LogP contribution in [-0.2, 0) is 37.9 Å². The first kappa shape index (κ1) is 41.4. The molecule has 0 amide bonds. The van der Waals surface area contributed by atoms with Gasteiger partial charge in [0, 0.05) is 13.2 Å². The van der Waals surface area contributed by atoms with Gasteiger partial charge in [0.05, 0.1) is 92.5 Å². The van der Waals surface area contributed by atoms with Crippen LogP contribution in [0.15, 0.2) is 0 Å². The van der Waals surface area contributed by atoms with E-state index in [4.69, 9.17) is 37.9 Å². The summed E-state index contributed by atoms with van der Waals surface area (Å²) in [6, 6.07) is 0. The van der Waals surface area contributed by atoms with Crippen LogP contribution in [0.25, 0.3) is 0 Å². The van der Waals surface area contributed by atoms with Crippen molar-refractivity contribution in [2.24, 2.45) is 0 Å². The summed E-state index contributed by atoms with van der Waals surface area (Å²) in [5.74, 6) is 0. The average molecular weight is 705 g/mol. The van der Waals surface area contributed by atoms with Crippen LogP contribution in [0.3, 0.4) is 0 Å². The van der Waals surface area contributed by atoms with Crippen molar-refractivity contribution < 1.29 is 37.9 Å². The Hall–Kier alpha value is 0.410. The molecule has 41 heavy (non-hydrogen) atoms. The van der Waals surface area contributed by atoms with E-state index in [9.17, 15) is 0 Å². The summed E-state index contributed by atoms with van der Waals surface area (Å²) < 4.78 is 45.5. The Labute approximate surface area is 266 Å². The highest BCUT2D eigenvalue weighted by molar-refractivity contribution is 14.1. The predicted octanol–water partition coefficient (Wildman–Crippen LogP) is 7.04. The van der Waals surface area contributed by atoms with Gasteiger partial charge in [0.2, 0.25) is 0 Å². The highest BCUT2D eigenvalue weighted by Crippen LogP contribution is 2.10. The van der Waals surface area contributed by atoms with Crippen molar-refractivity contribution in [1.29, 1.82) is 0 Å².